The van der Waals surface area contributed by atoms with Gasteiger partial charge in [-0.1, -0.05) is 52.1 Å². The molecule has 1 atom stereocenters. The molecule has 1 aromatic heterocycles. The monoisotopic (exact) mass is 695 g/mol. The van der Waals surface area contributed by atoms with Crippen molar-refractivity contribution in [1.82, 2.24) is 20.1 Å². The first-order valence-electron chi connectivity index (χ1n) is 15.1. The molecule has 45 heavy (non-hydrogen) atoms. The van der Waals surface area contributed by atoms with Crippen molar-refractivity contribution >= 4 is 52.1 Å². The molecule has 242 valence electrons. The molecular formula is C31H34Cl3N4O6S-. The van der Waals surface area contributed by atoms with Gasteiger partial charge in [-0.3, -0.25) is 13.8 Å². The van der Waals surface area contributed by atoms with Crippen molar-refractivity contribution in [1.29, 1.82) is 0 Å². The van der Waals surface area contributed by atoms with Crippen LogP contribution in [0.3, 0.4) is 0 Å². The van der Waals surface area contributed by atoms with E-state index in [1.165, 1.54) is 0 Å². The van der Waals surface area contributed by atoms with Gasteiger partial charge in [-0.15, -0.1) is 0 Å². The molecule has 3 aliphatic rings. The summed E-state index contributed by atoms with van der Waals surface area (Å²) in [6.45, 7) is 1.15. The van der Waals surface area contributed by atoms with Crippen LogP contribution in [0.4, 0.5) is 4.79 Å². The van der Waals surface area contributed by atoms with Gasteiger partial charge in [-0.2, -0.15) is 0 Å². The number of hydrogen-bond donors (Lipinski definition) is 3. The summed E-state index contributed by atoms with van der Waals surface area (Å²) in [4.78, 5) is 14.0. The number of halogens is 3. The number of rotatable bonds is 9. The first kappa shape index (κ1) is 32.6. The molecule has 3 N–H and O–H groups in total. The van der Waals surface area contributed by atoms with E-state index < -0.39 is 22.9 Å². The molecule has 10 nitrogen and oxygen atoms in total. The Bertz CT molecular complexity index is 1550. The first-order valence-corrected chi connectivity index (χ1v) is 17.3. The molecule has 0 spiro atoms. The predicted octanol–water partition coefficient (Wildman–Crippen LogP) is 6.45. The molecule has 6 rings (SSSR count). The molecule has 3 aromatic rings. The van der Waals surface area contributed by atoms with E-state index in [-0.39, 0.29) is 12.6 Å². The van der Waals surface area contributed by atoms with Crippen LogP contribution in [0.5, 0.6) is 5.75 Å². The average molecular weight is 697 g/mol. The molecule has 1 unspecified atom stereocenters. The van der Waals surface area contributed by atoms with E-state index in [1.807, 2.05) is 16.9 Å². The van der Waals surface area contributed by atoms with E-state index in [0.29, 0.717) is 62.7 Å². The third kappa shape index (κ3) is 7.45. The second-order valence-corrected chi connectivity index (χ2v) is 14.0. The maximum Gasteiger partial charge on any atom is 0.325 e. The highest BCUT2D eigenvalue weighted by molar-refractivity contribution is 7.77. The predicted molar refractivity (Wildman–Crippen MR) is 171 cm³/mol. The molecule has 1 aliphatic heterocycles. The zero-order valence-corrected chi connectivity index (χ0v) is 27.5. The summed E-state index contributed by atoms with van der Waals surface area (Å²) in [5, 5.41) is 19.9. The topological polar surface area (TPSA) is 140 Å². The summed E-state index contributed by atoms with van der Waals surface area (Å²) in [6, 6.07) is 10.2. The molecule has 2 aliphatic carbocycles. The number of nitrogens with zero attached hydrogens (tertiary/aromatic N) is 2. The van der Waals surface area contributed by atoms with Gasteiger partial charge in [0.05, 0.1) is 20.6 Å². The largest absolute Gasteiger partial charge is 0.755 e. The number of carbonyl (C=O) groups is 1. The normalized spacial score (nSPS) is 22.5. The van der Waals surface area contributed by atoms with E-state index in [2.05, 4.69) is 15.4 Å². The van der Waals surface area contributed by atoms with Crippen LogP contribution < -0.4 is 14.8 Å². The Morgan fingerprint density at radius 1 is 1.07 bits per heavy atom. The smallest absolute Gasteiger partial charge is 0.325 e. The summed E-state index contributed by atoms with van der Waals surface area (Å²) < 4.78 is 35.1. The second kappa shape index (κ2) is 13.8. The summed E-state index contributed by atoms with van der Waals surface area (Å²) in [6.07, 6.45) is 7.22. The van der Waals surface area contributed by atoms with Gasteiger partial charge in [-0.05, 0) is 75.6 Å². The van der Waals surface area contributed by atoms with E-state index in [1.54, 1.807) is 24.3 Å². The highest BCUT2D eigenvalue weighted by Crippen LogP contribution is 2.46. The number of aromatic nitrogens is 1. The lowest BCUT2D eigenvalue weighted by molar-refractivity contribution is -0.124. The summed E-state index contributed by atoms with van der Waals surface area (Å²) in [5.41, 5.74) is 1.60. The Labute approximate surface area is 279 Å². The van der Waals surface area contributed by atoms with Crippen LogP contribution in [-0.2, 0) is 23.5 Å². The number of nitrogens with one attached hydrogen (secondary N) is 2. The minimum absolute atomic E-state index is 0.0621. The number of hydrogen-bond acceptors (Lipinski definition) is 8. The quantitative estimate of drug-likeness (QED) is 0.217. The van der Waals surface area contributed by atoms with Crippen LogP contribution in [0.25, 0.3) is 11.3 Å². The maximum absolute atomic E-state index is 11.7. The zero-order valence-electron chi connectivity index (χ0n) is 24.4. The second-order valence-electron chi connectivity index (χ2n) is 12.1. The minimum atomic E-state index is -2.63. The fraction of sp³-hybridized carbons (Fsp3) is 0.484. The molecule has 14 heteroatoms. The molecule has 2 saturated carbocycles. The molecule has 2 heterocycles. The third-order valence-corrected chi connectivity index (χ3v) is 10.2. The van der Waals surface area contributed by atoms with E-state index in [9.17, 15) is 18.7 Å². The van der Waals surface area contributed by atoms with Crippen molar-refractivity contribution in [2.75, 3.05) is 13.1 Å². The highest BCUT2D eigenvalue weighted by atomic mass is 35.5. The molecule has 3 fully saturated rings. The summed E-state index contributed by atoms with van der Waals surface area (Å²) in [5.74, 6) is 1.64. The number of carbonyl (C=O) groups excluding carboxylic acids is 1. The van der Waals surface area contributed by atoms with Crippen LogP contribution in [-0.4, -0.2) is 55.1 Å². The van der Waals surface area contributed by atoms with E-state index >= 15 is 0 Å². The van der Waals surface area contributed by atoms with Crippen molar-refractivity contribution in [2.45, 2.75) is 81.6 Å². The van der Waals surface area contributed by atoms with Crippen LogP contribution in [0.15, 0.2) is 40.9 Å². The van der Waals surface area contributed by atoms with Gasteiger partial charge in [0, 0.05) is 53.5 Å². The van der Waals surface area contributed by atoms with Crippen molar-refractivity contribution in [2.24, 2.45) is 0 Å². The standard InChI is InChI=1S/C31H35Cl3N4O6S/c32-24-8-3-9-25(33)27(24)28-22(29(44-36-28)18-10-11-18)15-43-21-12-13-23(26(34)14-21)31(40)16-38(17-31)20-6-1-4-19(5-2-7-20)35-30(39)37-45(41)42/h3,8-9,12-14,18-20,40H,1-2,4-7,10-11,15-17H2,(H,41,42)(H2,35,37,39)/p-1. The molecule has 2 amide bonds. The lowest BCUT2D eigenvalue weighted by Gasteiger charge is -2.51. The Balaban J connectivity index is 1.06. The van der Waals surface area contributed by atoms with Crippen LogP contribution in [0.1, 0.15) is 74.2 Å². The Morgan fingerprint density at radius 2 is 1.76 bits per heavy atom. The number of ether oxygens (including phenoxy) is 1. The Hall–Kier alpha value is -2.38. The van der Waals surface area contributed by atoms with Crippen LogP contribution >= 0.6 is 34.8 Å². The number of likely N-dealkylation sites (tertiary alicyclic amines) is 1. The molecular weight excluding hydrogens is 663 g/mol. The van der Waals surface area contributed by atoms with Gasteiger partial charge in [0.2, 0.25) is 0 Å². The fourth-order valence-electron chi connectivity index (χ4n) is 6.51. The van der Waals surface area contributed by atoms with Gasteiger partial charge < -0.3 is 24.2 Å². The third-order valence-electron chi connectivity index (χ3n) is 8.93. The Morgan fingerprint density at radius 3 is 2.38 bits per heavy atom. The van der Waals surface area contributed by atoms with Crippen molar-refractivity contribution in [3.63, 3.8) is 0 Å². The van der Waals surface area contributed by atoms with Gasteiger partial charge in [-0.25, -0.2) is 4.79 Å². The van der Waals surface area contributed by atoms with Crippen LogP contribution in [0.2, 0.25) is 15.1 Å². The number of urea groups is 1. The van der Waals surface area contributed by atoms with Gasteiger partial charge in [0.15, 0.2) is 0 Å². The average Bonchev–Trinajstić information content (AvgIpc) is 3.71. The van der Waals surface area contributed by atoms with Crippen molar-refractivity contribution < 1.29 is 27.9 Å². The maximum atomic E-state index is 11.7. The molecule has 0 bridgehead atoms. The van der Waals surface area contributed by atoms with E-state index in [4.69, 9.17) is 44.1 Å². The first-order chi connectivity index (χ1) is 21.6. The van der Waals surface area contributed by atoms with Crippen molar-refractivity contribution in [3.8, 4) is 17.0 Å². The lowest BCUT2D eigenvalue weighted by atomic mass is 9.82. The number of aliphatic hydroxyl groups is 1. The number of β-amino-alcohol motifs (C(OH)–C–C–N with tert-alkyl or cyclic N) is 1. The minimum Gasteiger partial charge on any atom is -0.755 e. The van der Waals surface area contributed by atoms with Gasteiger partial charge in [0.25, 0.3) is 0 Å². The fourth-order valence-corrected chi connectivity index (χ4v) is 7.64. The molecule has 2 aromatic carbocycles. The van der Waals surface area contributed by atoms with Crippen LogP contribution in [0, 0.1) is 0 Å². The molecule has 0 radical (unpaired) electrons. The summed E-state index contributed by atoms with van der Waals surface area (Å²) in [7, 11) is 0. The van der Waals surface area contributed by atoms with Gasteiger partial charge >= 0.3 is 6.03 Å². The zero-order chi connectivity index (χ0) is 31.7. The Kier molecular flexibility index (Phi) is 9.96. The molecule has 1 saturated heterocycles. The highest BCUT2D eigenvalue weighted by Gasteiger charge is 2.46. The number of benzene rings is 2. The van der Waals surface area contributed by atoms with Gasteiger partial charge in [0.1, 0.15) is 29.4 Å². The lowest BCUT2D eigenvalue weighted by Crippen LogP contribution is -2.62. The summed E-state index contributed by atoms with van der Waals surface area (Å²) >= 11 is 17.1. The number of amides is 2. The van der Waals surface area contributed by atoms with E-state index in [0.717, 1.165) is 62.7 Å². The SMILES string of the molecule is O=C(NC1CCCC(N2CC(O)(c3ccc(OCc4c(-c5c(Cl)cccc5Cl)noc4C4CC4)cc3Cl)C2)CCC1)NS(=O)[O-]. The van der Waals surface area contributed by atoms with Crippen molar-refractivity contribution in [3.05, 3.63) is 68.4 Å².